The molecule has 0 radical (unpaired) electrons. The van der Waals surface area contributed by atoms with Crippen LogP contribution in [0.3, 0.4) is 0 Å². The fourth-order valence-electron chi connectivity index (χ4n) is 3.13. The summed E-state index contributed by atoms with van der Waals surface area (Å²) in [6.07, 6.45) is 3.69. The van der Waals surface area contributed by atoms with E-state index in [1.165, 1.54) is 15.8 Å². The predicted octanol–water partition coefficient (Wildman–Crippen LogP) is 5.92. The van der Waals surface area contributed by atoms with Gasteiger partial charge in [-0.1, -0.05) is 72.1 Å². The summed E-state index contributed by atoms with van der Waals surface area (Å²) in [4.78, 5) is 8.94. The summed E-state index contributed by atoms with van der Waals surface area (Å²) in [6, 6.07) is 22.7. The van der Waals surface area contributed by atoms with Crippen LogP contribution in [0.2, 0.25) is 0 Å². The van der Waals surface area contributed by atoms with Gasteiger partial charge in [0.1, 0.15) is 5.82 Å². The Morgan fingerprint density at radius 1 is 0.806 bits per heavy atom. The fraction of sp³-hybridized carbons (Fsp3) is 0.130. The van der Waals surface area contributed by atoms with E-state index in [1.807, 2.05) is 24.4 Å². The molecular weight excluding hydrogens is 442 g/mol. The number of thiazole rings is 1. The minimum absolute atomic E-state index is 0.729. The third-order valence-corrected chi connectivity index (χ3v) is 7.88. The maximum atomic E-state index is 4.74. The average Bonchev–Trinajstić information content (AvgIpc) is 3.41. The summed E-state index contributed by atoms with van der Waals surface area (Å²) in [5.74, 6) is 2.50. The average molecular weight is 462 g/mol. The summed E-state index contributed by atoms with van der Waals surface area (Å²) in [5, 5.41) is 9.96. The van der Waals surface area contributed by atoms with Crippen LogP contribution in [0.1, 0.15) is 17.0 Å². The highest BCUT2D eigenvalue weighted by atomic mass is 32.2. The highest BCUT2D eigenvalue weighted by molar-refractivity contribution is 8.00. The van der Waals surface area contributed by atoms with Crippen molar-refractivity contribution in [2.24, 2.45) is 0 Å². The minimum atomic E-state index is 0.729. The molecule has 0 unspecified atom stereocenters. The molecule has 0 fully saturated rings. The van der Waals surface area contributed by atoms with Gasteiger partial charge >= 0.3 is 0 Å². The first-order chi connectivity index (χ1) is 15.3. The van der Waals surface area contributed by atoms with Gasteiger partial charge in [-0.2, -0.15) is 0 Å². The van der Waals surface area contributed by atoms with E-state index in [0.717, 1.165) is 38.9 Å². The molecule has 8 heteroatoms. The molecule has 2 aromatic carbocycles. The molecule has 0 aliphatic carbocycles. The number of hydrogen-bond donors (Lipinski definition) is 0. The van der Waals surface area contributed by atoms with Crippen molar-refractivity contribution in [1.82, 2.24) is 24.7 Å². The van der Waals surface area contributed by atoms with Gasteiger partial charge in [-0.05, 0) is 29.3 Å². The van der Waals surface area contributed by atoms with Crippen molar-refractivity contribution in [3.05, 3.63) is 96.1 Å². The number of aromatic nitrogens is 5. The maximum Gasteiger partial charge on any atom is 0.191 e. The van der Waals surface area contributed by atoms with Crippen LogP contribution >= 0.6 is 34.9 Å². The van der Waals surface area contributed by atoms with Gasteiger partial charge in [0.25, 0.3) is 0 Å². The fourth-order valence-corrected chi connectivity index (χ4v) is 6.03. The van der Waals surface area contributed by atoms with E-state index in [0.29, 0.717) is 0 Å². The van der Waals surface area contributed by atoms with Crippen LogP contribution < -0.4 is 0 Å². The number of para-hydroxylation sites is 1. The SMILES string of the molecule is c1ccc(Cn2c(CSc3nc4ccccc4s3)nnc2SCc2cccnc2)cc1. The summed E-state index contributed by atoms with van der Waals surface area (Å²) >= 11 is 5.13. The zero-order chi connectivity index (χ0) is 20.9. The Bertz CT molecular complexity index is 1240. The number of pyridine rings is 1. The number of nitrogens with zero attached hydrogens (tertiary/aromatic N) is 5. The molecule has 0 N–H and O–H groups in total. The van der Waals surface area contributed by atoms with E-state index in [9.17, 15) is 0 Å². The van der Waals surface area contributed by atoms with E-state index >= 15 is 0 Å². The molecule has 0 atom stereocenters. The Morgan fingerprint density at radius 3 is 2.48 bits per heavy atom. The molecular formula is C23H19N5S3. The van der Waals surface area contributed by atoms with Gasteiger partial charge in [-0.3, -0.25) is 4.98 Å². The van der Waals surface area contributed by atoms with Gasteiger partial charge < -0.3 is 4.57 Å². The number of benzene rings is 2. The lowest BCUT2D eigenvalue weighted by atomic mass is 10.2. The van der Waals surface area contributed by atoms with Crippen molar-refractivity contribution in [3.63, 3.8) is 0 Å². The predicted molar refractivity (Wildman–Crippen MR) is 129 cm³/mol. The zero-order valence-corrected chi connectivity index (χ0v) is 19.0. The van der Waals surface area contributed by atoms with Crippen LogP contribution in [-0.4, -0.2) is 24.7 Å². The zero-order valence-electron chi connectivity index (χ0n) is 16.6. The van der Waals surface area contributed by atoms with Crippen molar-refractivity contribution >= 4 is 45.1 Å². The molecule has 5 aromatic rings. The molecule has 0 aliphatic rings. The molecule has 5 rings (SSSR count). The summed E-state index contributed by atoms with van der Waals surface area (Å²) in [5.41, 5.74) is 3.46. The summed E-state index contributed by atoms with van der Waals surface area (Å²) < 4.78 is 4.49. The molecule has 0 saturated heterocycles. The second-order valence-corrected chi connectivity index (χ2v) is 10.1. The van der Waals surface area contributed by atoms with E-state index in [2.05, 4.69) is 68.3 Å². The van der Waals surface area contributed by atoms with Gasteiger partial charge in [-0.15, -0.1) is 21.5 Å². The quantitative estimate of drug-likeness (QED) is 0.268. The Balaban J connectivity index is 1.36. The highest BCUT2D eigenvalue weighted by Crippen LogP contribution is 2.32. The standard InChI is InChI=1S/C23H19N5S3/c1-2-7-17(8-3-1)14-28-21(16-30-23-25-19-10-4-5-11-20(19)31-23)26-27-22(28)29-15-18-9-6-12-24-13-18/h1-13H,14-16H2. The van der Waals surface area contributed by atoms with Crippen molar-refractivity contribution in [2.45, 2.75) is 27.5 Å². The number of thioether (sulfide) groups is 2. The topological polar surface area (TPSA) is 56.5 Å². The lowest BCUT2D eigenvalue weighted by Gasteiger charge is -2.10. The van der Waals surface area contributed by atoms with Crippen LogP contribution in [0.15, 0.2) is 88.6 Å². The third-order valence-electron chi connectivity index (χ3n) is 4.67. The molecule has 0 bridgehead atoms. The van der Waals surface area contributed by atoms with Gasteiger partial charge in [0, 0.05) is 18.1 Å². The number of hydrogen-bond acceptors (Lipinski definition) is 7. The van der Waals surface area contributed by atoms with E-state index in [-0.39, 0.29) is 0 Å². The molecule has 3 heterocycles. The molecule has 0 spiro atoms. The van der Waals surface area contributed by atoms with Crippen molar-refractivity contribution in [3.8, 4) is 0 Å². The smallest absolute Gasteiger partial charge is 0.191 e. The van der Waals surface area contributed by atoms with Crippen LogP contribution in [0.25, 0.3) is 10.2 Å². The first-order valence-electron chi connectivity index (χ1n) is 9.81. The lowest BCUT2D eigenvalue weighted by Crippen LogP contribution is -2.06. The van der Waals surface area contributed by atoms with Crippen molar-refractivity contribution < 1.29 is 0 Å². The van der Waals surface area contributed by atoms with Crippen LogP contribution in [0, 0.1) is 0 Å². The van der Waals surface area contributed by atoms with Gasteiger partial charge in [0.05, 0.1) is 22.5 Å². The van der Waals surface area contributed by atoms with E-state index in [1.54, 1.807) is 41.1 Å². The first kappa shape index (κ1) is 20.2. The van der Waals surface area contributed by atoms with Crippen molar-refractivity contribution in [1.29, 1.82) is 0 Å². The summed E-state index contributed by atoms with van der Waals surface area (Å²) in [7, 11) is 0. The van der Waals surface area contributed by atoms with Gasteiger partial charge in [0.15, 0.2) is 9.50 Å². The van der Waals surface area contributed by atoms with Gasteiger partial charge in [-0.25, -0.2) is 4.98 Å². The Labute approximate surface area is 193 Å². The largest absolute Gasteiger partial charge is 0.301 e. The Morgan fingerprint density at radius 2 is 1.65 bits per heavy atom. The van der Waals surface area contributed by atoms with Gasteiger partial charge in [0.2, 0.25) is 0 Å². The first-order valence-corrected chi connectivity index (χ1v) is 12.6. The second-order valence-electron chi connectivity index (χ2n) is 6.86. The molecule has 0 amide bonds. The monoisotopic (exact) mass is 461 g/mol. The minimum Gasteiger partial charge on any atom is -0.301 e. The molecule has 0 saturated carbocycles. The molecule has 5 nitrogen and oxygen atoms in total. The third kappa shape index (κ3) is 4.98. The number of fused-ring (bicyclic) bond motifs is 1. The second kappa shape index (κ2) is 9.64. The molecule has 3 aromatic heterocycles. The molecule has 154 valence electrons. The number of rotatable bonds is 8. The maximum absolute atomic E-state index is 4.74. The summed E-state index contributed by atoms with van der Waals surface area (Å²) in [6.45, 7) is 0.749. The van der Waals surface area contributed by atoms with E-state index in [4.69, 9.17) is 4.98 Å². The molecule has 31 heavy (non-hydrogen) atoms. The lowest BCUT2D eigenvalue weighted by molar-refractivity contribution is 0.685. The van der Waals surface area contributed by atoms with Crippen LogP contribution in [0.4, 0.5) is 0 Å². The normalized spacial score (nSPS) is 11.2. The Hall–Kier alpha value is -2.68. The Kier molecular flexibility index (Phi) is 6.29. The van der Waals surface area contributed by atoms with Crippen molar-refractivity contribution in [2.75, 3.05) is 0 Å². The van der Waals surface area contributed by atoms with Crippen LogP contribution in [0.5, 0.6) is 0 Å². The van der Waals surface area contributed by atoms with Crippen LogP contribution in [-0.2, 0) is 18.1 Å². The highest BCUT2D eigenvalue weighted by Gasteiger charge is 2.15. The molecule has 0 aliphatic heterocycles. The van der Waals surface area contributed by atoms with E-state index < -0.39 is 0 Å².